The second kappa shape index (κ2) is 6.54. The number of carbonyl (C=O) groups excluding carboxylic acids is 2. The highest BCUT2D eigenvalue weighted by Crippen LogP contribution is 2.16. The number of nitrogens with zero attached hydrogens (tertiary/aromatic N) is 1. The van der Waals surface area contributed by atoms with Crippen molar-refractivity contribution in [1.82, 2.24) is 15.3 Å². The van der Waals surface area contributed by atoms with Gasteiger partial charge in [0.05, 0.1) is 17.1 Å². The van der Waals surface area contributed by atoms with E-state index in [1.165, 1.54) is 6.92 Å². The largest absolute Gasteiger partial charge is 0.342 e. The highest BCUT2D eigenvalue weighted by Gasteiger charge is 2.14. The number of imidazole rings is 1. The van der Waals surface area contributed by atoms with E-state index in [1.807, 2.05) is 31.2 Å². The van der Waals surface area contributed by atoms with Crippen LogP contribution in [0, 0.1) is 0 Å². The molecule has 0 saturated carbocycles. The van der Waals surface area contributed by atoms with Crippen LogP contribution >= 0.6 is 0 Å². The molecule has 0 aliphatic rings. The SMILES string of the molecule is CC(=O)Nc1ccc(C(=O)N[C@H](C)c2nc3ccccc3[nH]2)cc1. The number of rotatable bonds is 4. The summed E-state index contributed by atoms with van der Waals surface area (Å²) in [4.78, 5) is 31.0. The minimum atomic E-state index is -0.250. The average Bonchev–Trinajstić information content (AvgIpc) is 2.99. The minimum absolute atomic E-state index is 0.147. The van der Waals surface area contributed by atoms with Gasteiger partial charge in [-0.25, -0.2) is 4.98 Å². The van der Waals surface area contributed by atoms with Crippen molar-refractivity contribution in [3.63, 3.8) is 0 Å². The summed E-state index contributed by atoms with van der Waals surface area (Å²) in [6.07, 6.45) is 0. The van der Waals surface area contributed by atoms with Crippen LogP contribution in [0.25, 0.3) is 11.0 Å². The lowest BCUT2D eigenvalue weighted by atomic mass is 10.2. The van der Waals surface area contributed by atoms with Gasteiger partial charge in [-0.3, -0.25) is 9.59 Å². The maximum atomic E-state index is 12.3. The first-order valence-electron chi connectivity index (χ1n) is 7.66. The molecule has 1 atom stereocenters. The van der Waals surface area contributed by atoms with Gasteiger partial charge in [0.2, 0.25) is 5.91 Å². The smallest absolute Gasteiger partial charge is 0.251 e. The van der Waals surface area contributed by atoms with E-state index in [1.54, 1.807) is 24.3 Å². The van der Waals surface area contributed by atoms with Crippen molar-refractivity contribution in [3.8, 4) is 0 Å². The zero-order chi connectivity index (χ0) is 17.1. The van der Waals surface area contributed by atoms with E-state index in [4.69, 9.17) is 0 Å². The zero-order valence-electron chi connectivity index (χ0n) is 13.5. The van der Waals surface area contributed by atoms with Gasteiger partial charge in [-0.2, -0.15) is 0 Å². The number of carbonyl (C=O) groups is 2. The van der Waals surface area contributed by atoms with E-state index in [2.05, 4.69) is 20.6 Å². The molecule has 6 heteroatoms. The number of nitrogens with one attached hydrogen (secondary N) is 3. The van der Waals surface area contributed by atoms with E-state index in [9.17, 15) is 9.59 Å². The summed E-state index contributed by atoms with van der Waals surface area (Å²) in [6.45, 7) is 3.32. The highest BCUT2D eigenvalue weighted by atomic mass is 16.2. The Labute approximate surface area is 139 Å². The maximum Gasteiger partial charge on any atom is 0.251 e. The fourth-order valence-corrected chi connectivity index (χ4v) is 2.43. The van der Waals surface area contributed by atoms with Crippen LogP contribution in [0.4, 0.5) is 5.69 Å². The topological polar surface area (TPSA) is 86.9 Å². The first-order valence-corrected chi connectivity index (χ1v) is 7.66. The normalized spacial score (nSPS) is 11.9. The van der Waals surface area contributed by atoms with E-state index in [0.29, 0.717) is 17.1 Å². The molecule has 1 heterocycles. The van der Waals surface area contributed by atoms with Gasteiger partial charge in [0.15, 0.2) is 0 Å². The third kappa shape index (κ3) is 3.43. The Kier molecular flexibility index (Phi) is 4.29. The Morgan fingerprint density at radius 3 is 2.46 bits per heavy atom. The van der Waals surface area contributed by atoms with Crippen molar-refractivity contribution in [1.29, 1.82) is 0 Å². The molecule has 0 bridgehead atoms. The third-order valence-corrected chi connectivity index (χ3v) is 3.63. The van der Waals surface area contributed by atoms with Crippen molar-refractivity contribution in [3.05, 3.63) is 59.9 Å². The molecule has 0 fully saturated rings. The summed E-state index contributed by atoms with van der Waals surface area (Å²) in [7, 11) is 0. The lowest BCUT2D eigenvalue weighted by Crippen LogP contribution is -2.27. The van der Waals surface area contributed by atoms with Gasteiger partial charge in [-0.05, 0) is 43.3 Å². The molecule has 0 aliphatic heterocycles. The second-order valence-corrected chi connectivity index (χ2v) is 5.59. The van der Waals surface area contributed by atoms with Crippen LogP contribution in [0.1, 0.15) is 36.1 Å². The highest BCUT2D eigenvalue weighted by molar-refractivity contribution is 5.95. The van der Waals surface area contributed by atoms with Crippen LogP contribution in [0.3, 0.4) is 0 Å². The van der Waals surface area contributed by atoms with Crippen LogP contribution in [0.5, 0.6) is 0 Å². The summed E-state index contributed by atoms with van der Waals surface area (Å²) in [5, 5.41) is 5.58. The monoisotopic (exact) mass is 322 g/mol. The van der Waals surface area contributed by atoms with Crippen molar-refractivity contribution in [2.24, 2.45) is 0 Å². The minimum Gasteiger partial charge on any atom is -0.342 e. The number of H-pyrrole nitrogens is 1. The van der Waals surface area contributed by atoms with Crippen LogP contribution in [-0.4, -0.2) is 21.8 Å². The number of amides is 2. The number of fused-ring (bicyclic) bond motifs is 1. The van der Waals surface area contributed by atoms with Gasteiger partial charge in [0.25, 0.3) is 5.91 Å². The van der Waals surface area contributed by atoms with Gasteiger partial charge in [0, 0.05) is 18.2 Å². The van der Waals surface area contributed by atoms with Gasteiger partial charge >= 0.3 is 0 Å². The fourth-order valence-electron chi connectivity index (χ4n) is 2.43. The summed E-state index contributed by atoms with van der Waals surface area (Å²) in [5.74, 6) is 0.363. The zero-order valence-corrected chi connectivity index (χ0v) is 13.5. The Balaban J connectivity index is 1.70. The molecule has 3 N–H and O–H groups in total. The molecule has 3 aromatic rings. The third-order valence-electron chi connectivity index (χ3n) is 3.63. The molecule has 24 heavy (non-hydrogen) atoms. The quantitative estimate of drug-likeness (QED) is 0.690. The Morgan fingerprint density at radius 2 is 1.79 bits per heavy atom. The second-order valence-electron chi connectivity index (χ2n) is 5.59. The van der Waals surface area contributed by atoms with Crippen molar-refractivity contribution in [2.45, 2.75) is 19.9 Å². The van der Waals surface area contributed by atoms with Crippen LogP contribution in [-0.2, 0) is 4.79 Å². The Bertz CT molecular complexity index is 850. The molecule has 2 aromatic carbocycles. The number of aromatic amines is 1. The molecule has 122 valence electrons. The molecule has 0 saturated heterocycles. The molecule has 0 unspecified atom stereocenters. The van der Waals surface area contributed by atoms with E-state index in [-0.39, 0.29) is 17.9 Å². The van der Waals surface area contributed by atoms with Gasteiger partial charge < -0.3 is 15.6 Å². The number of hydrogen-bond donors (Lipinski definition) is 3. The van der Waals surface area contributed by atoms with E-state index >= 15 is 0 Å². The fraction of sp³-hybridized carbons (Fsp3) is 0.167. The first kappa shape index (κ1) is 15.7. The molecule has 0 aliphatic carbocycles. The molecule has 0 spiro atoms. The van der Waals surface area contributed by atoms with Gasteiger partial charge in [-0.1, -0.05) is 12.1 Å². The lowest BCUT2D eigenvalue weighted by Gasteiger charge is -2.12. The molecule has 3 rings (SSSR count). The number of para-hydroxylation sites is 2. The number of hydrogen-bond acceptors (Lipinski definition) is 3. The summed E-state index contributed by atoms with van der Waals surface area (Å²) in [5.41, 5.74) is 2.98. The summed E-state index contributed by atoms with van der Waals surface area (Å²) in [6, 6.07) is 14.2. The maximum absolute atomic E-state index is 12.3. The molecule has 2 amide bonds. The predicted octanol–water partition coefficient (Wildman–Crippen LogP) is 3.01. The van der Waals surface area contributed by atoms with Crippen molar-refractivity contribution >= 4 is 28.5 Å². The van der Waals surface area contributed by atoms with Crippen LogP contribution in [0.2, 0.25) is 0 Å². The van der Waals surface area contributed by atoms with E-state index in [0.717, 1.165) is 11.0 Å². The Morgan fingerprint density at radius 1 is 1.08 bits per heavy atom. The molecule has 0 radical (unpaired) electrons. The standard InChI is InChI=1S/C18H18N4O2/c1-11(17-21-15-5-3-4-6-16(15)22-17)19-18(24)13-7-9-14(10-8-13)20-12(2)23/h3-11H,1-2H3,(H,19,24)(H,20,23)(H,21,22)/t11-/m1/s1. The molecule has 6 nitrogen and oxygen atoms in total. The average molecular weight is 322 g/mol. The predicted molar refractivity (Wildman–Crippen MR) is 92.7 cm³/mol. The molecular weight excluding hydrogens is 304 g/mol. The molecular formula is C18H18N4O2. The number of benzene rings is 2. The summed E-state index contributed by atoms with van der Waals surface area (Å²) >= 11 is 0. The molecule has 1 aromatic heterocycles. The van der Waals surface area contributed by atoms with Gasteiger partial charge in [-0.15, -0.1) is 0 Å². The van der Waals surface area contributed by atoms with Crippen molar-refractivity contribution < 1.29 is 9.59 Å². The lowest BCUT2D eigenvalue weighted by molar-refractivity contribution is -0.114. The number of aromatic nitrogens is 2. The Hall–Kier alpha value is -3.15. The van der Waals surface area contributed by atoms with Gasteiger partial charge in [0.1, 0.15) is 5.82 Å². The van der Waals surface area contributed by atoms with E-state index < -0.39 is 0 Å². The van der Waals surface area contributed by atoms with Crippen molar-refractivity contribution in [2.75, 3.05) is 5.32 Å². The van der Waals surface area contributed by atoms with Crippen LogP contribution < -0.4 is 10.6 Å². The summed E-state index contributed by atoms with van der Waals surface area (Å²) < 4.78 is 0. The first-order chi connectivity index (χ1) is 11.5. The van der Waals surface area contributed by atoms with Crippen LogP contribution in [0.15, 0.2) is 48.5 Å². The number of anilines is 1.